The van der Waals surface area contributed by atoms with Crippen LogP contribution in [0.3, 0.4) is 0 Å². The molecule has 21 heavy (non-hydrogen) atoms. The second-order valence-electron chi connectivity index (χ2n) is 4.65. The second kappa shape index (κ2) is 6.79. The highest BCUT2D eigenvalue weighted by atomic mass is 16.5. The number of methoxy groups -OCH3 is 1. The molecule has 0 saturated heterocycles. The van der Waals surface area contributed by atoms with Crippen molar-refractivity contribution in [2.75, 3.05) is 19.5 Å². The third-order valence-electron chi connectivity index (χ3n) is 3.22. The highest BCUT2D eigenvalue weighted by molar-refractivity contribution is 5.94. The van der Waals surface area contributed by atoms with E-state index in [-0.39, 0.29) is 5.78 Å². The summed E-state index contributed by atoms with van der Waals surface area (Å²) >= 11 is 0. The molecule has 2 aromatic carbocycles. The lowest BCUT2D eigenvalue weighted by molar-refractivity contribution is 0.101. The number of anilines is 1. The van der Waals surface area contributed by atoms with Crippen molar-refractivity contribution >= 4 is 11.5 Å². The SMILES string of the molecule is CNc1ccc(OCc2cc(C(C)=O)ccc2OC)cc1. The van der Waals surface area contributed by atoms with Gasteiger partial charge in [0.25, 0.3) is 0 Å². The molecule has 0 heterocycles. The van der Waals surface area contributed by atoms with Gasteiger partial charge in [-0.3, -0.25) is 4.79 Å². The molecule has 0 fully saturated rings. The van der Waals surface area contributed by atoms with E-state index in [1.54, 1.807) is 26.2 Å². The molecule has 2 rings (SSSR count). The van der Waals surface area contributed by atoms with E-state index in [9.17, 15) is 4.79 Å². The first-order chi connectivity index (χ1) is 10.1. The van der Waals surface area contributed by atoms with Crippen molar-refractivity contribution in [3.05, 3.63) is 53.6 Å². The minimum atomic E-state index is 0.0253. The molecule has 0 bridgehead atoms. The molecule has 0 spiro atoms. The van der Waals surface area contributed by atoms with Crippen molar-refractivity contribution in [1.29, 1.82) is 0 Å². The summed E-state index contributed by atoms with van der Waals surface area (Å²) in [6.07, 6.45) is 0. The van der Waals surface area contributed by atoms with Gasteiger partial charge < -0.3 is 14.8 Å². The molecule has 0 aliphatic rings. The van der Waals surface area contributed by atoms with Crippen LogP contribution in [-0.4, -0.2) is 19.9 Å². The Balaban J connectivity index is 2.13. The molecule has 2 aromatic rings. The molecule has 1 N–H and O–H groups in total. The normalized spacial score (nSPS) is 10.0. The fraction of sp³-hybridized carbons (Fsp3) is 0.235. The van der Waals surface area contributed by atoms with Crippen LogP contribution >= 0.6 is 0 Å². The number of rotatable bonds is 6. The summed E-state index contributed by atoms with van der Waals surface area (Å²) in [7, 11) is 3.47. The number of nitrogens with one attached hydrogen (secondary N) is 1. The monoisotopic (exact) mass is 285 g/mol. The molecule has 0 aliphatic carbocycles. The Hall–Kier alpha value is -2.49. The summed E-state index contributed by atoms with van der Waals surface area (Å²) in [5.74, 6) is 1.51. The van der Waals surface area contributed by atoms with Crippen LogP contribution in [0, 0.1) is 0 Å². The molecule has 4 heteroatoms. The van der Waals surface area contributed by atoms with Crippen LogP contribution in [0.25, 0.3) is 0 Å². The van der Waals surface area contributed by atoms with Gasteiger partial charge in [0.1, 0.15) is 18.1 Å². The third-order valence-corrected chi connectivity index (χ3v) is 3.22. The van der Waals surface area contributed by atoms with Crippen LogP contribution < -0.4 is 14.8 Å². The Kier molecular flexibility index (Phi) is 4.82. The van der Waals surface area contributed by atoms with Crippen LogP contribution in [0.5, 0.6) is 11.5 Å². The summed E-state index contributed by atoms with van der Waals surface area (Å²) in [5, 5.41) is 3.05. The van der Waals surface area contributed by atoms with E-state index in [1.807, 2.05) is 37.4 Å². The van der Waals surface area contributed by atoms with E-state index in [2.05, 4.69) is 5.32 Å². The number of Topliss-reactive ketones (excluding diaryl/α,β-unsaturated/α-hetero) is 1. The maximum absolute atomic E-state index is 11.5. The van der Waals surface area contributed by atoms with E-state index < -0.39 is 0 Å². The number of ether oxygens (including phenoxy) is 2. The minimum absolute atomic E-state index is 0.0253. The third kappa shape index (κ3) is 3.75. The van der Waals surface area contributed by atoms with Crippen molar-refractivity contribution in [3.8, 4) is 11.5 Å². The van der Waals surface area contributed by atoms with Gasteiger partial charge in [0, 0.05) is 23.9 Å². The topological polar surface area (TPSA) is 47.6 Å². The molecule has 110 valence electrons. The van der Waals surface area contributed by atoms with Crippen molar-refractivity contribution < 1.29 is 14.3 Å². The van der Waals surface area contributed by atoms with Crippen LogP contribution in [0.4, 0.5) is 5.69 Å². The van der Waals surface area contributed by atoms with E-state index in [0.29, 0.717) is 17.9 Å². The number of benzene rings is 2. The van der Waals surface area contributed by atoms with Crippen LogP contribution in [0.15, 0.2) is 42.5 Å². The van der Waals surface area contributed by atoms with Crippen molar-refractivity contribution in [3.63, 3.8) is 0 Å². The zero-order valence-electron chi connectivity index (χ0n) is 12.5. The lowest BCUT2D eigenvalue weighted by atomic mass is 10.1. The van der Waals surface area contributed by atoms with E-state index >= 15 is 0 Å². The van der Waals surface area contributed by atoms with Gasteiger partial charge in [0.15, 0.2) is 5.78 Å². The van der Waals surface area contributed by atoms with E-state index in [1.165, 1.54) is 0 Å². The van der Waals surface area contributed by atoms with Crippen molar-refractivity contribution in [2.45, 2.75) is 13.5 Å². The molecule has 0 amide bonds. The number of carbonyl (C=O) groups is 1. The summed E-state index contributed by atoms with van der Waals surface area (Å²) in [6.45, 7) is 1.89. The zero-order valence-corrected chi connectivity index (χ0v) is 12.5. The molecule has 0 aliphatic heterocycles. The van der Waals surface area contributed by atoms with Gasteiger partial charge in [-0.2, -0.15) is 0 Å². The summed E-state index contributed by atoms with van der Waals surface area (Å²) < 4.78 is 11.1. The first kappa shape index (κ1) is 14.9. The van der Waals surface area contributed by atoms with Gasteiger partial charge in [-0.15, -0.1) is 0 Å². The van der Waals surface area contributed by atoms with Gasteiger partial charge in [-0.25, -0.2) is 0 Å². The van der Waals surface area contributed by atoms with E-state index in [0.717, 1.165) is 17.0 Å². The molecule has 0 unspecified atom stereocenters. The largest absolute Gasteiger partial charge is 0.496 e. The fourth-order valence-corrected chi connectivity index (χ4v) is 1.99. The van der Waals surface area contributed by atoms with Gasteiger partial charge in [0.2, 0.25) is 0 Å². The number of carbonyl (C=O) groups excluding carboxylic acids is 1. The number of hydrogen-bond acceptors (Lipinski definition) is 4. The summed E-state index contributed by atoms with van der Waals surface area (Å²) in [5.41, 5.74) is 2.53. The molecular formula is C17H19NO3. The molecule has 0 saturated carbocycles. The first-order valence-electron chi connectivity index (χ1n) is 6.72. The van der Waals surface area contributed by atoms with Crippen molar-refractivity contribution in [2.24, 2.45) is 0 Å². The van der Waals surface area contributed by atoms with Gasteiger partial charge in [0.05, 0.1) is 7.11 Å². The van der Waals surface area contributed by atoms with Gasteiger partial charge >= 0.3 is 0 Å². The Labute approximate surface area is 124 Å². The lowest BCUT2D eigenvalue weighted by Crippen LogP contribution is -2.02. The Morgan fingerprint density at radius 2 is 1.86 bits per heavy atom. The first-order valence-corrected chi connectivity index (χ1v) is 6.72. The molecule has 0 radical (unpaired) electrons. The fourth-order valence-electron chi connectivity index (χ4n) is 1.99. The molecular weight excluding hydrogens is 266 g/mol. The maximum atomic E-state index is 11.5. The predicted octanol–water partition coefficient (Wildman–Crippen LogP) is 3.52. The van der Waals surface area contributed by atoms with Gasteiger partial charge in [-0.1, -0.05) is 0 Å². The highest BCUT2D eigenvalue weighted by Crippen LogP contribution is 2.23. The maximum Gasteiger partial charge on any atom is 0.159 e. The number of hydrogen-bond donors (Lipinski definition) is 1. The van der Waals surface area contributed by atoms with Crippen molar-refractivity contribution in [1.82, 2.24) is 0 Å². The molecule has 0 atom stereocenters. The average molecular weight is 285 g/mol. The predicted molar refractivity (Wildman–Crippen MR) is 83.3 cm³/mol. The summed E-state index contributed by atoms with van der Waals surface area (Å²) in [4.78, 5) is 11.5. The highest BCUT2D eigenvalue weighted by Gasteiger charge is 2.08. The average Bonchev–Trinajstić information content (AvgIpc) is 2.53. The van der Waals surface area contributed by atoms with Crippen LogP contribution in [0.1, 0.15) is 22.8 Å². The van der Waals surface area contributed by atoms with Crippen LogP contribution in [-0.2, 0) is 6.61 Å². The Morgan fingerprint density at radius 1 is 1.14 bits per heavy atom. The Bertz CT molecular complexity index is 620. The lowest BCUT2D eigenvalue weighted by Gasteiger charge is -2.12. The Morgan fingerprint density at radius 3 is 2.43 bits per heavy atom. The number of ketones is 1. The molecule has 4 nitrogen and oxygen atoms in total. The van der Waals surface area contributed by atoms with Crippen LogP contribution in [0.2, 0.25) is 0 Å². The van der Waals surface area contributed by atoms with E-state index in [4.69, 9.17) is 9.47 Å². The minimum Gasteiger partial charge on any atom is -0.496 e. The quantitative estimate of drug-likeness (QED) is 0.825. The van der Waals surface area contributed by atoms with Gasteiger partial charge in [-0.05, 0) is 49.4 Å². The second-order valence-corrected chi connectivity index (χ2v) is 4.65. The zero-order chi connectivity index (χ0) is 15.2. The molecule has 0 aromatic heterocycles. The summed E-state index contributed by atoms with van der Waals surface area (Å²) in [6, 6.07) is 13.0. The smallest absolute Gasteiger partial charge is 0.159 e. The standard InChI is InChI=1S/C17H19NO3/c1-12(19)13-4-9-17(20-3)14(10-13)11-21-16-7-5-15(18-2)6-8-16/h4-10,18H,11H2,1-3H3.